The molecule has 0 spiro atoms. The van der Waals surface area contributed by atoms with Gasteiger partial charge in [-0.3, -0.25) is 10.1 Å². The molecule has 0 fully saturated rings. The molecule has 7 heteroatoms. The van der Waals surface area contributed by atoms with Crippen LogP contribution in [0.4, 0.5) is 18.9 Å². The normalized spacial score (nSPS) is 15.3. The number of nitrogens with zero attached hydrogens (tertiary/aromatic N) is 1. The van der Waals surface area contributed by atoms with Crippen LogP contribution >= 0.6 is 0 Å². The molecule has 1 aromatic carbocycles. The van der Waals surface area contributed by atoms with Crippen LogP contribution in [0, 0.1) is 16.0 Å². The Balaban J connectivity index is 3.46. The van der Waals surface area contributed by atoms with E-state index in [9.17, 15) is 28.4 Å². The number of alkyl halides is 3. The van der Waals surface area contributed by atoms with Crippen molar-refractivity contribution in [1.29, 1.82) is 0 Å². The molecule has 0 bridgehead atoms. The van der Waals surface area contributed by atoms with Crippen LogP contribution in [0.25, 0.3) is 0 Å². The monoisotopic (exact) mass is 277 g/mol. The molecule has 0 saturated carbocycles. The van der Waals surface area contributed by atoms with E-state index in [1.165, 1.54) is 26.0 Å². The second-order valence-electron chi connectivity index (χ2n) is 4.73. The SMILES string of the molecule is CC(C)CC(O)(c1ccccc1[N+](=O)[O-])C(F)(F)F. The van der Waals surface area contributed by atoms with Crippen molar-refractivity contribution in [3.05, 3.63) is 39.9 Å². The summed E-state index contributed by atoms with van der Waals surface area (Å²) < 4.78 is 39.4. The van der Waals surface area contributed by atoms with E-state index < -0.39 is 40.3 Å². The van der Waals surface area contributed by atoms with Gasteiger partial charge in [0.1, 0.15) is 0 Å². The number of nitro groups is 1. The van der Waals surface area contributed by atoms with Gasteiger partial charge in [-0.1, -0.05) is 26.0 Å². The molecule has 0 aromatic heterocycles. The Morgan fingerprint density at radius 1 is 1.32 bits per heavy atom. The first-order chi connectivity index (χ1) is 8.59. The quantitative estimate of drug-likeness (QED) is 0.677. The molecule has 1 rings (SSSR count). The maximum atomic E-state index is 13.1. The zero-order chi connectivity index (χ0) is 14.8. The molecule has 0 amide bonds. The molecule has 0 aliphatic rings. The molecular weight excluding hydrogens is 263 g/mol. The van der Waals surface area contributed by atoms with E-state index in [0.717, 1.165) is 12.1 Å². The Morgan fingerprint density at radius 2 is 1.84 bits per heavy atom. The fraction of sp³-hybridized carbons (Fsp3) is 0.500. The van der Waals surface area contributed by atoms with Gasteiger partial charge in [0.25, 0.3) is 5.69 Å². The average Bonchev–Trinajstić information content (AvgIpc) is 2.26. The lowest BCUT2D eigenvalue weighted by Crippen LogP contribution is -2.43. The van der Waals surface area contributed by atoms with Crippen molar-refractivity contribution in [1.82, 2.24) is 0 Å². The van der Waals surface area contributed by atoms with Gasteiger partial charge < -0.3 is 5.11 Å². The van der Waals surface area contributed by atoms with Crippen molar-refractivity contribution >= 4 is 5.69 Å². The van der Waals surface area contributed by atoms with Crippen molar-refractivity contribution in [2.24, 2.45) is 5.92 Å². The molecular formula is C12H14F3NO3. The van der Waals surface area contributed by atoms with E-state index in [1.54, 1.807) is 0 Å². The lowest BCUT2D eigenvalue weighted by atomic mass is 9.84. The van der Waals surface area contributed by atoms with Gasteiger partial charge in [0, 0.05) is 6.07 Å². The molecule has 106 valence electrons. The highest BCUT2D eigenvalue weighted by Gasteiger charge is 2.57. The summed E-state index contributed by atoms with van der Waals surface area (Å²) in [4.78, 5) is 9.88. The lowest BCUT2D eigenvalue weighted by molar-refractivity contribution is -0.389. The molecule has 0 aliphatic carbocycles. The average molecular weight is 277 g/mol. The Morgan fingerprint density at radius 3 is 2.26 bits per heavy atom. The Labute approximate surface area is 108 Å². The van der Waals surface area contributed by atoms with Crippen LogP contribution in [-0.2, 0) is 5.60 Å². The van der Waals surface area contributed by atoms with Crippen molar-refractivity contribution in [2.45, 2.75) is 32.0 Å². The van der Waals surface area contributed by atoms with E-state index in [0.29, 0.717) is 0 Å². The Hall–Kier alpha value is -1.63. The molecule has 0 heterocycles. The van der Waals surface area contributed by atoms with Crippen LogP contribution in [0.2, 0.25) is 0 Å². The summed E-state index contributed by atoms with van der Waals surface area (Å²) >= 11 is 0. The number of para-hydroxylation sites is 1. The van der Waals surface area contributed by atoms with Crippen LogP contribution < -0.4 is 0 Å². The summed E-state index contributed by atoms with van der Waals surface area (Å²) in [5, 5.41) is 20.8. The van der Waals surface area contributed by atoms with Gasteiger partial charge in [0.2, 0.25) is 0 Å². The largest absolute Gasteiger partial charge is 0.421 e. The van der Waals surface area contributed by atoms with Crippen molar-refractivity contribution in [2.75, 3.05) is 0 Å². The maximum absolute atomic E-state index is 13.1. The van der Waals surface area contributed by atoms with Gasteiger partial charge in [-0.05, 0) is 18.4 Å². The summed E-state index contributed by atoms with van der Waals surface area (Å²) in [6.07, 6.45) is -5.62. The van der Waals surface area contributed by atoms with Gasteiger partial charge >= 0.3 is 6.18 Å². The minimum atomic E-state index is -4.98. The van der Waals surface area contributed by atoms with Crippen LogP contribution in [0.1, 0.15) is 25.8 Å². The van der Waals surface area contributed by atoms with Crippen molar-refractivity contribution in [3.63, 3.8) is 0 Å². The zero-order valence-corrected chi connectivity index (χ0v) is 10.4. The first-order valence-corrected chi connectivity index (χ1v) is 5.62. The summed E-state index contributed by atoms with van der Waals surface area (Å²) in [5.41, 5.74) is -4.67. The minimum Gasteiger partial charge on any atom is -0.376 e. The number of halogens is 3. The number of aliphatic hydroxyl groups is 1. The maximum Gasteiger partial charge on any atom is 0.421 e. The summed E-state index contributed by atoms with van der Waals surface area (Å²) in [6, 6.07) is 4.38. The minimum absolute atomic E-state index is 0.480. The van der Waals surface area contributed by atoms with Crippen LogP contribution in [0.15, 0.2) is 24.3 Å². The predicted molar refractivity (Wildman–Crippen MR) is 62.5 cm³/mol. The Bertz CT molecular complexity index is 474. The van der Waals surface area contributed by atoms with Crippen LogP contribution in [0.5, 0.6) is 0 Å². The molecule has 0 radical (unpaired) electrons. The molecule has 1 unspecified atom stereocenters. The van der Waals surface area contributed by atoms with Gasteiger partial charge in [0.05, 0.1) is 10.5 Å². The van der Waals surface area contributed by atoms with Crippen LogP contribution in [0.3, 0.4) is 0 Å². The highest BCUT2D eigenvalue weighted by atomic mass is 19.4. The number of benzene rings is 1. The van der Waals surface area contributed by atoms with Gasteiger partial charge in [0.15, 0.2) is 5.60 Å². The van der Waals surface area contributed by atoms with Crippen molar-refractivity contribution < 1.29 is 23.2 Å². The van der Waals surface area contributed by atoms with Crippen molar-refractivity contribution in [3.8, 4) is 0 Å². The standard InChI is InChI=1S/C12H14F3NO3/c1-8(2)7-11(17,12(13,14)15)9-5-3-4-6-10(9)16(18)19/h3-6,8,17H,7H2,1-2H3. The summed E-state index contributed by atoms with van der Waals surface area (Å²) in [6.45, 7) is 3.01. The van der Waals surface area contributed by atoms with E-state index >= 15 is 0 Å². The molecule has 1 atom stereocenters. The second-order valence-corrected chi connectivity index (χ2v) is 4.73. The number of hydrogen-bond donors (Lipinski definition) is 1. The van der Waals surface area contributed by atoms with E-state index in [2.05, 4.69) is 0 Å². The number of rotatable bonds is 4. The third-order valence-electron chi connectivity index (χ3n) is 2.72. The zero-order valence-electron chi connectivity index (χ0n) is 10.4. The fourth-order valence-electron chi connectivity index (χ4n) is 1.95. The third-order valence-corrected chi connectivity index (χ3v) is 2.72. The molecule has 4 nitrogen and oxygen atoms in total. The van der Waals surface area contributed by atoms with Gasteiger partial charge in [-0.15, -0.1) is 0 Å². The molecule has 19 heavy (non-hydrogen) atoms. The van der Waals surface area contributed by atoms with E-state index in [4.69, 9.17) is 0 Å². The van der Waals surface area contributed by atoms with E-state index in [-0.39, 0.29) is 0 Å². The molecule has 0 aliphatic heterocycles. The molecule has 0 saturated heterocycles. The molecule has 1 aromatic rings. The van der Waals surface area contributed by atoms with Gasteiger partial charge in [-0.2, -0.15) is 13.2 Å². The van der Waals surface area contributed by atoms with Gasteiger partial charge in [-0.25, -0.2) is 0 Å². The first-order valence-electron chi connectivity index (χ1n) is 5.62. The second kappa shape index (κ2) is 5.16. The fourth-order valence-corrected chi connectivity index (χ4v) is 1.95. The predicted octanol–water partition coefficient (Wildman–Crippen LogP) is 3.39. The third kappa shape index (κ3) is 3.04. The Kier molecular flexibility index (Phi) is 4.19. The lowest BCUT2D eigenvalue weighted by Gasteiger charge is -2.32. The summed E-state index contributed by atoms with van der Waals surface area (Å²) in [5.74, 6) is -0.480. The van der Waals surface area contributed by atoms with E-state index in [1.807, 2.05) is 0 Å². The smallest absolute Gasteiger partial charge is 0.376 e. The first kappa shape index (κ1) is 15.4. The number of nitro benzene ring substituents is 1. The highest BCUT2D eigenvalue weighted by molar-refractivity contribution is 5.44. The topological polar surface area (TPSA) is 63.4 Å². The highest BCUT2D eigenvalue weighted by Crippen LogP contribution is 2.46. The number of hydrogen-bond acceptors (Lipinski definition) is 3. The van der Waals surface area contributed by atoms with Crippen LogP contribution in [-0.4, -0.2) is 16.2 Å². The summed E-state index contributed by atoms with van der Waals surface area (Å²) in [7, 11) is 0. The molecule has 1 N–H and O–H groups in total.